The van der Waals surface area contributed by atoms with E-state index in [0.29, 0.717) is 5.41 Å². The molecule has 0 aromatic heterocycles. The van der Waals surface area contributed by atoms with Gasteiger partial charge in [0.25, 0.3) is 0 Å². The quantitative estimate of drug-likeness (QED) is 0.653. The Bertz CT molecular complexity index is 198. The molecule has 76 valence electrons. The molecule has 0 saturated carbocycles. The summed E-state index contributed by atoms with van der Waals surface area (Å²) < 4.78 is 0. The summed E-state index contributed by atoms with van der Waals surface area (Å²) in [7, 11) is 0. The van der Waals surface area contributed by atoms with Crippen LogP contribution in [-0.2, 0) is 4.79 Å². The molecule has 1 aliphatic heterocycles. The first-order chi connectivity index (χ1) is 5.92. The number of nitrogens with zero attached hydrogens (tertiary/aromatic N) is 1. The highest BCUT2D eigenvalue weighted by Gasteiger charge is 2.29. The van der Waals surface area contributed by atoms with Crippen molar-refractivity contribution in [1.29, 1.82) is 0 Å². The standard InChI is InChI=1S/C11H21NO/c1-9(10(2)13)12-7-5-6-11(3,4)8-12/h9H,5-8H2,1-4H3. The highest BCUT2D eigenvalue weighted by atomic mass is 16.1. The molecular weight excluding hydrogens is 162 g/mol. The summed E-state index contributed by atoms with van der Waals surface area (Å²) in [4.78, 5) is 13.5. The van der Waals surface area contributed by atoms with Crippen molar-refractivity contribution in [2.24, 2.45) is 5.41 Å². The highest BCUT2D eigenvalue weighted by Crippen LogP contribution is 2.29. The second-order valence-corrected chi connectivity index (χ2v) is 5.02. The molecule has 0 aliphatic carbocycles. The number of hydrogen-bond donors (Lipinski definition) is 0. The molecule has 0 N–H and O–H groups in total. The second-order valence-electron chi connectivity index (χ2n) is 5.02. The fourth-order valence-corrected chi connectivity index (χ4v) is 2.06. The van der Waals surface area contributed by atoms with Gasteiger partial charge in [-0.15, -0.1) is 0 Å². The summed E-state index contributed by atoms with van der Waals surface area (Å²) in [6, 6.07) is 0.111. The summed E-state index contributed by atoms with van der Waals surface area (Å²) in [6.07, 6.45) is 2.51. The van der Waals surface area contributed by atoms with Gasteiger partial charge in [-0.1, -0.05) is 13.8 Å². The molecule has 0 amide bonds. The van der Waals surface area contributed by atoms with Gasteiger partial charge in [-0.25, -0.2) is 0 Å². The predicted octanol–water partition coefficient (Wildman–Crippen LogP) is 2.09. The number of hydrogen-bond acceptors (Lipinski definition) is 2. The van der Waals surface area contributed by atoms with E-state index >= 15 is 0 Å². The number of rotatable bonds is 2. The van der Waals surface area contributed by atoms with Crippen LogP contribution in [0.4, 0.5) is 0 Å². The van der Waals surface area contributed by atoms with E-state index in [1.807, 2.05) is 6.92 Å². The summed E-state index contributed by atoms with van der Waals surface area (Å²) in [5.74, 6) is 0.290. The number of carbonyl (C=O) groups excluding carboxylic acids is 1. The van der Waals surface area contributed by atoms with Gasteiger partial charge in [-0.05, 0) is 38.6 Å². The van der Waals surface area contributed by atoms with Crippen LogP contribution in [0.2, 0.25) is 0 Å². The maximum atomic E-state index is 11.2. The monoisotopic (exact) mass is 183 g/mol. The molecule has 2 heteroatoms. The van der Waals surface area contributed by atoms with Crippen LogP contribution < -0.4 is 0 Å². The molecule has 1 fully saturated rings. The van der Waals surface area contributed by atoms with Crippen LogP contribution in [0.1, 0.15) is 40.5 Å². The first-order valence-electron chi connectivity index (χ1n) is 5.17. The SMILES string of the molecule is CC(=O)C(C)N1CCCC(C)(C)C1. The summed E-state index contributed by atoms with van der Waals surface area (Å²) in [5, 5.41) is 0. The number of Topliss-reactive ketones (excluding diaryl/α,β-unsaturated/α-hetero) is 1. The predicted molar refractivity (Wildman–Crippen MR) is 54.7 cm³/mol. The average Bonchev–Trinajstić information content (AvgIpc) is 2.01. The Hall–Kier alpha value is -0.370. The van der Waals surface area contributed by atoms with Gasteiger partial charge >= 0.3 is 0 Å². The van der Waals surface area contributed by atoms with Gasteiger partial charge in [-0.2, -0.15) is 0 Å². The van der Waals surface area contributed by atoms with Crippen molar-refractivity contribution in [3.8, 4) is 0 Å². The molecule has 0 bridgehead atoms. The van der Waals surface area contributed by atoms with Crippen molar-refractivity contribution < 1.29 is 4.79 Å². The Morgan fingerprint density at radius 3 is 2.54 bits per heavy atom. The second kappa shape index (κ2) is 3.79. The molecule has 1 unspecified atom stereocenters. The maximum Gasteiger partial charge on any atom is 0.146 e. The zero-order chi connectivity index (χ0) is 10.1. The van der Waals surface area contributed by atoms with Crippen molar-refractivity contribution in [3.63, 3.8) is 0 Å². The number of ketones is 1. The molecule has 1 rings (SSSR count). The van der Waals surface area contributed by atoms with Crippen LogP contribution in [0.3, 0.4) is 0 Å². The van der Waals surface area contributed by atoms with E-state index < -0.39 is 0 Å². The van der Waals surface area contributed by atoms with E-state index in [1.54, 1.807) is 6.92 Å². The Labute approximate surface area is 81.3 Å². The van der Waals surface area contributed by atoms with Gasteiger partial charge in [0.05, 0.1) is 6.04 Å². The van der Waals surface area contributed by atoms with Gasteiger partial charge in [0.15, 0.2) is 0 Å². The third-order valence-electron chi connectivity index (χ3n) is 3.07. The molecule has 0 spiro atoms. The lowest BCUT2D eigenvalue weighted by molar-refractivity contribution is -0.122. The molecule has 0 aromatic carbocycles. The van der Waals surface area contributed by atoms with Crippen molar-refractivity contribution in [2.75, 3.05) is 13.1 Å². The van der Waals surface area contributed by atoms with Crippen LogP contribution in [0, 0.1) is 5.41 Å². The lowest BCUT2D eigenvalue weighted by atomic mass is 9.83. The van der Waals surface area contributed by atoms with E-state index in [-0.39, 0.29) is 11.8 Å². The Morgan fingerprint density at radius 1 is 1.46 bits per heavy atom. The normalized spacial score (nSPS) is 25.5. The summed E-state index contributed by atoms with van der Waals surface area (Å²) >= 11 is 0. The van der Waals surface area contributed by atoms with Crippen LogP contribution in [0.15, 0.2) is 0 Å². The number of carbonyl (C=O) groups is 1. The molecule has 1 heterocycles. The maximum absolute atomic E-state index is 11.2. The fraction of sp³-hybridized carbons (Fsp3) is 0.909. The van der Waals surface area contributed by atoms with Gasteiger partial charge in [0.1, 0.15) is 5.78 Å². The third-order valence-corrected chi connectivity index (χ3v) is 3.07. The molecule has 0 radical (unpaired) electrons. The van der Waals surface area contributed by atoms with E-state index in [4.69, 9.17) is 0 Å². The van der Waals surface area contributed by atoms with Crippen LogP contribution in [0.25, 0.3) is 0 Å². The molecule has 1 atom stereocenters. The zero-order valence-electron chi connectivity index (χ0n) is 9.26. The van der Waals surface area contributed by atoms with Crippen molar-refractivity contribution in [1.82, 2.24) is 4.90 Å². The largest absolute Gasteiger partial charge is 0.298 e. The summed E-state index contributed by atoms with van der Waals surface area (Å²) in [5.41, 5.74) is 0.391. The van der Waals surface area contributed by atoms with Crippen LogP contribution in [-0.4, -0.2) is 29.8 Å². The molecule has 0 aromatic rings. The van der Waals surface area contributed by atoms with E-state index in [2.05, 4.69) is 18.7 Å². The average molecular weight is 183 g/mol. The zero-order valence-corrected chi connectivity index (χ0v) is 9.26. The van der Waals surface area contributed by atoms with E-state index in [0.717, 1.165) is 13.1 Å². The fourth-order valence-electron chi connectivity index (χ4n) is 2.06. The molecule has 1 aliphatic rings. The van der Waals surface area contributed by atoms with Gasteiger partial charge in [-0.3, -0.25) is 9.69 Å². The van der Waals surface area contributed by atoms with Crippen LogP contribution in [0.5, 0.6) is 0 Å². The third kappa shape index (κ3) is 2.80. The number of likely N-dealkylation sites (tertiary alicyclic amines) is 1. The molecular formula is C11H21NO. The topological polar surface area (TPSA) is 20.3 Å². The van der Waals surface area contributed by atoms with Gasteiger partial charge in [0, 0.05) is 6.54 Å². The first kappa shape index (κ1) is 10.7. The molecule has 13 heavy (non-hydrogen) atoms. The van der Waals surface area contributed by atoms with Crippen molar-refractivity contribution >= 4 is 5.78 Å². The summed E-state index contributed by atoms with van der Waals surface area (Å²) in [6.45, 7) is 10.4. The Morgan fingerprint density at radius 2 is 2.08 bits per heavy atom. The van der Waals surface area contributed by atoms with Crippen LogP contribution >= 0.6 is 0 Å². The highest BCUT2D eigenvalue weighted by molar-refractivity contribution is 5.80. The molecule has 1 saturated heterocycles. The van der Waals surface area contributed by atoms with Gasteiger partial charge < -0.3 is 0 Å². The minimum Gasteiger partial charge on any atom is -0.298 e. The van der Waals surface area contributed by atoms with E-state index in [9.17, 15) is 4.79 Å². The van der Waals surface area contributed by atoms with Crippen molar-refractivity contribution in [3.05, 3.63) is 0 Å². The number of piperidine rings is 1. The first-order valence-corrected chi connectivity index (χ1v) is 5.17. The van der Waals surface area contributed by atoms with Crippen molar-refractivity contribution in [2.45, 2.75) is 46.6 Å². The lowest BCUT2D eigenvalue weighted by Crippen LogP contribution is -2.47. The Balaban J connectivity index is 2.56. The molecule has 2 nitrogen and oxygen atoms in total. The van der Waals surface area contributed by atoms with E-state index in [1.165, 1.54) is 12.8 Å². The minimum absolute atomic E-state index is 0.111. The minimum atomic E-state index is 0.111. The lowest BCUT2D eigenvalue weighted by Gasteiger charge is -2.40. The van der Waals surface area contributed by atoms with Gasteiger partial charge in [0.2, 0.25) is 0 Å². The Kier molecular flexibility index (Phi) is 3.12. The smallest absolute Gasteiger partial charge is 0.146 e.